The molecule has 3 rings (SSSR count). The first kappa shape index (κ1) is 19.0. The van der Waals surface area contributed by atoms with Gasteiger partial charge < -0.3 is 9.30 Å². The molecule has 1 amide bonds. The van der Waals surface area contributed by atoms with E-state index in [1.54, 1.807) is 29.9 Å². The van der Waals surface area contributed by atoms with Gasteiger partial charge in [-0.25, -0.2) is 8.42 Å². The molecule has 2 heterocycles. The maximum absolute atomic E-state index is 13.0. The Morgan fingerprint density at radius 3 is 2.58 bits per heavy atom. The average molecular weight is 396 g/mol. The van der Waals surface area contributed by atoms with Gasteiger partial charge in [0.1, 0.15) is 0 Å². The molecule has 0 spiro atoms. The van der Waals surface area contributed by atoms with Crippen molar-refractivity contribution in [1.29, 1.82) is 0 Å². The standard InChI is InChI=1S/C17H21N3O4S2/c1-12-10-20(11-13(2)24-12)26(22,23)15-6-4-5-14(9-15)16(21)18-17-19(3)7-8-25-17/h4-9,12-13H,10-11H2,1-3H3. The highest BCUT2D eigenvalue weighted by atomic mass is 32.2. The minimum Gasteiger partial charge on any atom is -0.373 e. The molecular weight excluding hydrogens is 374 g/mol. The SMILES string of the molecule is CC1CN(S(=O)(=O)c2cccc(C(=O)N=c3sccn3C)c2)CC(C)O1. The number of carbonyl (C=O) groups excluding carboxylic acids is 1. The number of ether oxygens (including phenoxy) is 1. The maximum atomic E-state index is 13.0. The van der Waals surface area contributed by atoms with E-state index in [2.05, 4.69) is 4.99 Å². The average Bonchev–Trinajstić information content (AvgIpc) is 2.99. The zero-order valence-electron chi connectivity index (χ0n) is 14.8. The van der Waals surface area contributed by atoms with Crippen molar-refractivity contribution < 1.29 is 17.9 Å². The third-order valence-corrected chi connectivity index (χ3v) is 6.74. The molecule has 9 heteroatoms. The second-order valence-electron chi connectivity index (χ2n) is 6.32. The van der Waals surface area contributed by atoms with Crippen molar-refractivity contribution in [2.75, 3.05) is 13.1 Å². The molecule has 1 aromatic heterocycles. The Hall–Kier alpha value is -1.81. The van der Waals surface area contributed by atoms with Crippen LogP contribution in [-0.2, 0) is 21.8 Å². The topological polar surface area (TPSA) is 81.0 Å². The second kappa shape index (κ2) is 7.43. The second-order valence-corrected chi connectivity index (χ2v) is 9.13. The van der Waals surface area contributed by atoms with Crippen molar-refractivity contribution >= 4 is 27.3 Å². The van der Waals surface area contributed by atoms with Gasteiger partial charge in [0.15, 0.2) is 4.80 Å². The first-order valence-electron chi connectivity index (χ1n) is 8.22. The van der Waals surface area contributed by atoms with Gasteiger partial charge >= 0.3 is 0 Å². The molecule has 1 aliphatic rings. The van der Waals surface area contributed by atoms with Crippen molar-refractivity contribution in [2.45, 2.75) is 31.0 Å². The number of nitrogens with zero attached hydrogens (tertiary/aromatic N) is 3. The van der Waals surface area contributed by atoms with E-state index in [-0.39, 0.29) is 22.7 Å². The van der Waals surface area contributed by atoms with Gasteiger partial charge in [0.2, 0.25) is 10.0 Å². The molecule has 7 nitrogen and oxygen atoms in total. The van der Waals surface area contributed by atoms with E-state index in [0.717, 1.165) is 0 Å². The zero-order chi connectivity index (χ0) is 18.9. The minimum absolute atomic E-state index is 0.0930. The number of thiazole rings is 1. The molecule has 1 aromatic carbocycles. The molecule has 1 fully saturated rings. The van der Waals surface area contributed by atoms with E-state index in [0.29, 0.717) is 17.9 Å². The summed E-state index contributed by atoms with van der Waals surface area (Å²) in [5.41, 5.74) is 0.244. The Balaban J connectivity index is 1.91. The maximum Gasteiger partial charge on any atom is 0.279 e. The summed E-state index contributed by atoms with van der Waals surface area (Å²) in [5, 5.41) is 1.83. The summed E-state index contributed by atoms with van der Waals surface area (Å²) < 4.78 is 34.6. The normalized spacial score (nSPS) is 22.5. The lowest BCUT2D eigenvalue weighted by molar-refractivity contribution is -0.0440. The molecule has 0 radical (unpaired) electrons. The van der Waals surface area contributed by atoms with E-state index < -0.39 is 15.9 Å². The molecule has 1 aliphatic heterocycles. The summed E-state index contributed by atoms with van der Waals surface area (Å²) in [7, 11) is -1.90. The number of amides is 1. The predicted molar refractivity (Wildman–Crippen MR) is 98.4 cm³/mol. The van der Waals surface area contributed by atoms with Gasteiger partial charge in [-0.1, -0.05) is 6.07 Å². The third kappa shape index (κ3) is 3.96. The van der Waals surface area contributed by atoms with Gasteiger partial charge in [0.25, 0.3) is 5.91 Å². The fraction of sp³-hybridized carbons (Fsp3) is 0.412. The number of aryl methyl sites for hydroxylation is 1. The summed E-state index contributed by atoms with van der Waals surface area (Å²) in [6.07, 6.45) is 1.46. The monoisotopic (exact) mass is 395 g/mol. The highest BCUT2D eigenvalue weighted by Crippen LogP contribution is 2.22. The smallest absolute Gasteiger partial charge is 0.279 e. The Bertz CT molecular complexity index is 968. The first-order chi connectivity index (χ1) is 12.3. The highest BCUT2D eigenvalue weighted by Gasteiger charge is 2.32. The first-order valence-corrected chi connectivity index (χ1v) is 10.5. The van der Waals surface area contributed by atoms with Crippen molar-refractivity contribution in [3.8, 4) is 0 Å². The molecule has 0 N–H and O–H groups in total. The van der Waals surface area contributed by atoms with Crippen LogP contribution in [0.2, 0.25) is 0 Å². The Labute approximate surface area is 156 Å². The van der Waals surface area contributed by atoms with Gasteiger partial charge in [-0.05, 0) is 32.0 Å². The number of sulfonamides is 1. The van der Waals surface area contributed by atoms with Crippen LogP contribution < -0.4 is 4.80 Å². The van der Waals surface area contributed by atoms with Crippen LogP contribution in [0.4, 0.5) is 0 Å². The fourth-order valence-electron chi connectivity index (χ4n) is 2.85. The molecule has 2 unspecified atom stereocenters. The number of aromatic nitrogens is 1. The van der Waals surface area contributed by atoms with Crippen LogP contribution >= 0.6 is 11.3 Å². The van der Waals surface area contributed by atoms with Gasteiger partial charge in [-0.2, -0.15) is 9.30 Å². The van der Waals surface area contributed by atoms with Crippen LogP contribution in [0.3, 0.4) is 0 Å². The van der Waals surface area contributed by atoms with Gasteiger partial charge in [-0.3, -0.25) is 4.79 Å². The summed E-state index contributed by atoms with van der Waals surface area (Å²) in [6, 6.07) is 6.03. The molecule has 0 bridgehead atoms. The zero-order valence-corrected chi connectivity index (χ0v) is 16.5. The van der Waals surface area contributed by atoms with E-state index in [4.69, 9.17) is 4.74 Å². The largest absolute Gasteiger partial charge is 0.373 e. The van der Waals surface area contributed by atoms with Gasteiger partial charge in [-0.15, -0.1) is 11.3 Å². The molecule has 0 saturated carbocycles. The quantitative estimate of drug-likeness (QED) is 0.791. The van der Waals surface area contributed by atoms with Crippen LogP contribution in [0.1, 0.15) is 24.2 Å². The summed E-state index contributed by atoms with van der Waals surface area (Å²) in [6.45, 7) is 4.27. The van der Waals surface area contributed by atoms with Gasteiger partial charge in [0.05, 0.1) is 17.1 Å². The fourth-order valence-corrected chi connectivity index (χ4v) is 5.22. The lowest BCUT2D eigenvalue weighted by Crippen LogP contribution is -2.48. The Morgan fingerprint density at radius 1 is 1.27 bits per heavy atom. The number of hydrogen-bond donors (Lipinski definition) is 0. The Morgan fingerprint density at radius 2 is 1.96 bits per heavy atom. The minimum atomic E-state index is -3.70. The van der Waals surface area contributed by atoms with Crippen LogP contribution in [0.15, 0.2) is 45.7 Å². The predicted octanol–water partition coefficient (Wildman–Crippen LogP) is 1.63. The summed E-state index contributed by atoms with van der Waals surface area (Å²) >= 11 is 1.34. The number of benzene rings is 1. The van der Waals surface area contributed by atoms with Gasteiger partial charge in [0, 0.05) is 37.3 Å². The van der Waals surface area contributed by atoms with Crippen LogP contribution in [0, 0.1) is 0 Å². The van der Waals surface area contributed by atoms with Crippen LogP contribution in [0.25, 0.3) is 0 Å². The molecule has 140 valence electrons. The number of hydrogen-bond acceptors (Lipinski definition) is 5. The van der Waals surface area contributed by atoms with Crippen LogP contribution in [-0.4, -0.2) is 48.5 Å². The molecule has 2 atom stereocenters. The number of morpholine rings is 1. The Kier molecular flexibility index (Phi) is 5.42. The van der Waals surface area contributed by atoms with Crippen molar-refractivity contribution in [2.24, 2.45) is 12.0 Å². The third-order valence-electron chi connectivity index (χ3n) is 4.06. The van der Waals surface area contributed by atoms with E-state index in [1.165, 1.54) is 27.8 Å². The van der Waals surface area contributed by atoms with E-state index in [1.807, 2.05) is 19.2 Å². The van der Waals surface area contributed by atoms with E-state index in [9.17, 15) is 13.2 Å². The lowest BCUT2D eigenvalue weighted by Gasteiger charge is -2.34. The molecule has 26 heavy (non-hydrogen) atoms. The number of carbonyl (C=O) groups is 1. The summed E-state index contributed by atoms with van der Waals surface area (Å²) in [4.78, 5) is 17.1. The molecular formula is C17H21N3O4S2. The molecule has 1 saturated heterocycles. The molecule has 0 aliphatic carbocycles. The lowest BCUT2D eigenvalue weighted by atomic mass is 10.2. The highest BCUT2D eigenvalue weighted by molar-refractivity contribution is 7.89. The molecule has 2 aromatic rings. The van der Waals surface area contributed by atoms with Crippen molar-refractivity contribution in [3.63, 3.8) is 0 Å². The van der Waals surface area contributed by atoms with Crippen LogP contribution in [0.5, 0.6) is 0 Å². The van der Waals surface area contributed by atoms with E-state index >= 15 is 0 Å². The summed E-state index contributed by atoms with van der Waals surface area (Å²) in [5.74, 6) is -0.469. The van der Waals surface area contributed by atoms with Crippen molar-refractivity contribution in [1.82, 2.24) is 8.87 Å². The number of rotatable bonds is 3. The van der Waals surface area contributed by atoms with Crippen molar-refractivity contribution in [3.05, 3.63) is 46.2 Å².